The van der Waals surface area contributed by atoms with Crippen molar-refractivity contribution in [3.63, 3.8) is 0 Å². The van der Waals surface area contributed by atoms with Crippen molar-refractivity contribution in [1.82, 2.24) is 0 Å². The summed E-state index contributed by atoms with van der Waals surface area (Å²) in [5.41, 5.74) is 0.537. The number of benzene rings is 1. The molecule has 1 saturated carbocycles. The predicted molar refractivity (Wildman–Crippen MR) is 59.2 cm³/mol. The van der Waals surface area contributed by atoms with Gasteiger partial charge in [-0.2, -0.15) is 0 Å². The molecule has 4 nitrogen and oxygen atoms in total. The van der Waals surface area contributed by atoms with Crippen molar-refractivity contribution >= 4 is 11.6 Å². The molecule has 3 rings (SSSR count). The third kappa shape index (κ3) is 1.69. The number of ether oxygens (including phenoxy) is 2. The van der Waals surface area contributed by atoms with Crippen LogP contribution in [0.4, 0.5) is 0 Å². The third-order valence-electron chi connectivity index (χ3n) is 3.28. The van der Waals surface area contributed by atoms with E-state index in [-0.39, 0.29) is 18.4 Å². The van der Waals surface area contributed by atoms with Gasteiger partial charge in [-0.05, 0) is 31.0 Å². The minimum absolute atomic E-state index is 0.0627. The standard InChI is InChI=1S/C13H12O4/c14-10-3-1-2-9(10)13(15)8-4-5-11-12(6-8)17-7-16-11/h4-6,9H,1-3,7H2/t9-/m1/s1. The Morgan fingerprint density at radius 3 is 2.82 bits per heavy atom. The first kappa shape index (κ1) is 10.3. The van der Waals surface area contributed by atoms with Crippen molar-refractivity contribution in [3.05, 3.63) is 23.8 Å². The molecule has 17 heavy (non-hydrogen) atoms. The molecule has 2 aliphatic rings. The molecule has 1 fully saturated rings. The zero-order chi connectivity index (χ0) is 11.8. The fourth-order valence-electron chi connectivity index (χ4n) is 2.34. The molecule has 0 unspecified atom stereocenters. The highest BCUT2D eigenvalue weighted by Crippen LogP contribution is 2.34. The summed E-state index contributed by atoms with van der Waals surface area (Å²) >= 11 is 0. The van der Waals surface area contributed by atoms with E-state index in [0.29, 0.717) is 29.9 Å². The third-order valence-corrected chi connectivity index (χ3v) is 3.28. The van der Waals surface area contributed by atoms with Gasteiger partial charge in [0.2, 0.25) is 6.79 Å². The first-order chi connectivity index (χ1) is 8.25. The first-order valence-corrected chi connectivity index (χ1v) is 5.72. The maximum absolute atomic E-state index is 12.1. The summed E-state index contributed by atoms with van der Waals surface area (Å²) in [5.74, 6) is 0.759. The highest BCUT2D eigenvalue weighted by molar-refractivity contribution is 6.11. The van der Waals surface area contributed by atoms with Crippen molar-refractivity contribution in [1.29, 1.82) is 0 Å². The summed E-state index contributed by atoms with van der Waals surface area (Å²) in [6.45, 7) is 0.190. The highest BCUT2D eigenvalue weighted by Gasteiger charge is 2.32. The molecule has 1 heterocycles. The monoisotopic (exact) mass is 232 g/mol. The van der Waals surface area contributed by atoms with Gasteiger partial charge in [-0.3, -0.25) is 9.59 Å². The lowest BCUT2D eigenvalue weighted by atomic mass is 9.95. The summed E-state index contributed by atoms with van der Waals surface area (Å²) in [7, 11) is 0. The molecule has 0 bridgehead atoms. The molecule has 0 saturated heterocycles. The van der Waals surface area contributed by atoms with Gasteiger partial charge < -0.3 is 9.47 Å². The van der Waals surface area contributed by atoms with Crippen LogP contribution in [0, 0.1) is 5.92 Å². The van der Waals surface area contributed by atoms with Crippen LogP contribution in [0.5, 0.6) is 11.5 Å². The molecule has 4 heteroatoms. The average Bonchev–Trinajstić information content (AvgIpc) is 2.95. The van der Waals surface area contributed by atoms with E-state index in [4.69, 9.17) is 9.47 Å². The fourth-order valence-corrected chi connectivity index (χ4v) is 2.34. The molecule has 1 aromatic rings. The van der Waals surface area contributed by atoms with Gasteiger partial charge >= 0.3 is 0 Å². The van der Waals surface area contributed by atoms with E-state index in [0.717, 1.165) is 6.42 Å². The average molecular weight is 232 g/mol. The highest BCUT2D eigenvalue weighted by atomic mass is 16.7. The largest absolute Gasteiger partial charge is 0.454 e. The molecule has 1 atom stereocenters. The summed E-state index contributed by atoms with van der Waals surface area (Å²) in [6, 6.07) is 5.08. The lowest BCUT2D eigenvalue weighted by Gasteiger charge is -2.07. The van der Waals surface area contributed by atoms with Crippen LogP contribution in [-0.2, 0) is 4.79 Å². The molecule has 0 radical (unpaired) electrons. The molecule has 1 aliphatic heterocycles. The van der Waals surface area contributed by atoms with Crippen LogP contribution >= 0.6 is 0 Å². The molecular formula is C13H12O4. The van der Waals surface area contributed by atoms with Crippen LogP contribution in [0.1, 0.15) is 29.6 Å². The van der Waals surface area contributed by atoms with Crippen molar-refractivity contribution in [2.45, 2.75) is 19.3 Å². The van der Waals surface area contributed by atoms with Crippen molar-refractivity contribution < 1.29 is 19.1 Å². The van der Waals surface area contributed by atoms with Crippen LogP contribution in [0.3, 0.4) is 0 Å². The van der Waals surface area contributed by atoms with Crippen molar-refractivity contribution in [3.8, 4) is 11.5 Å². The van der Waals surface area contributed by atoms with Crippen molar-refractivity contribution in [2.75, 3.05) is 6.79 Å². The van der Waals surface area contributed by atoms with E-state index in [2.05, 4.69) is 0 Å². The maximum atomic E-state index is 12.1. The van der Waals surface area contributed by atoms with Gasteiger partial charge in [-0.15, -0.1) is 0 Å². The van der Waals surface area contributed by atoms with E-state index in [9.17, 15) is 9.59 Å². The second kappa shape index (κ2) is 3.87. The zero-order valence-electron chi connectivity index (χ0n) is 9.27. The Labute approximate surface area is 98.5 Å². The Bertz CT molecular complexity index is 492. The van der Waals surface area contributed by atoms with Crippen molar-refractivity contribution in [2.24, 2.45) is 5.92 Å². The summed E-state index contributed by atoms with van der Waals surface area (Å²) in [5, 5.41) is 0. The first-order valence-electron chi connectivity index (χ1n) is 5.72. The van der Waals surface area contributed by atoms with E-state index < -0.39 is 5.92 Å². The maximum Gasteiger partial charge on any atom is 0.231 e. The number of rotatable bonds is 2. The number of hydrogen-bond acceptors (Lipinski definition) is 4. The number of Topliss-reactive ketones (excluding diaryl/α,β-unsaturated/α-hetero) is 2. The van der Waals surface area contributed by atoms with E-state index in [1.165, 1.54) is 0 Å². The molecule has 88 valence electrons. The van der Waals surface area contributed by atoms with Gasteiger partial charge in [0.15, 0.2) is 17.3 Å². The van der Waals surface area contributed by atoms with Crippen LogP contribution in [-0.4, -0.2) is 18.4 Å². The molecular weight excluding hydrogens is 220 g/mol. The number of carbonyl (C=O) groups excluding carboxylic acids is 2. The smallest absolute Gasteiger partial charge is 0.231 e. The Hall–Kier alpha value is -1.84. The number of ketones is 2. The topological polar surface area (TPSA) is 52.6 Å². The quantitative estimate of drug-likeness (QED) is 0.577. The second-order valence-corrected chi connectivity index (χ2v) is 4.34. The zero-order valence-corrected chi connectivity index (χ0v) is 9.27. The van der Waals surface area contributed by atoms with Crippen LogP contribution in [0.25, 0.3) is 0 Å². The van der Waals surface area contributed by atoms with Gasteiger partial charge in [-0.1, -0.05) is 0 Å². The second-order valence-electron chi connectivity index (χ2n) is 4.34. The van der Waals surface area contributed by atoms with Gasteiger partial charge in [0, 0.05) is 12.0 Å². The number of carbonyl (C=O) groups is 2. The van der Waals surface area contributed by atoms with Crippen LogP contribution in [0.2, 0.25) is 0 Å². The van der Waals surface area contributed by atoms with E-state index in [1.54, 1.807) is 18.2 Å². The number of hydrogen-bond donors (Lipinski definition) is 0. The van der Waals surface area contributed by atoms with Gasteiger partial charge in [0.25, 0.3) is 0 Å². The van der Waals surface area contributed by atoms with E-state index >= 15 is 0 Å². The van der Waals surface area contributed by atoms with Gasteiger partial charge in [0.1, 0.15) is 5.78 Å². The minimum atomic E-state index is -0.449. The summed E-state index contributed by atoms with van der Waals surface area (Å²) in [6.07, 6.45) is 2.02. The Morgan fingerprint density at radius 1 is 1.24 bits per heavy atom. The lowest BCUT2D eigenvalue weighted by Crippen LogP contribution is -2.18. The lowest BCUT2D eigenvalue weighted by molar-refractivity contribution is -0.119. The SMILES string of the molecule is O=C1CCC[C@H]1C(=O)c1ccc2c(c1)OCO2. The molecule has 0 spiro atoms. The Kier molecular flexibility index (Phi) is 2.35. The van der Waals surface area contributed by atoms with Crippen LogP contribution in [0.15, 0.2) is 18.2 Å². The summed E-state index contributed by atoms with van der Waals surface area (Å²) < 4.78 is 10.4. The van der Waals surface area contributed by atoms with Gasteiger partial charge in [0.05, 0.1) is 5.92 Å². The molecule has 1 aromatic carbocycles. The molecule has 0 aromatic heterocycles. The summed E-state index contributed by atoms with van der Waals surface area (Å²) in [4.78, 5) is 23.7. The Morgan fingerprint density at radius 2 is 2.06 bits per heavy atom. The number of fused-ring (bicyclic) bond motifs is 1. The predicted octanol–water partition coefficient (Wildman–Crippen LogP) is 1.97. The van der Waals surface area contributed by atoms with Gasteiger partial charge in [-0.25, -0.2) is 0 Å². The Balaban J connectivity index is 1.89. The molecule has 1 aliphatic carbocycles. The minimum Gasteiger partial charge on any atom is -0.454 e. The van der Waals surface area contributed by atoms with E-state index in [1.807, 2.05) is 0 Å². The fraction of sp³-hybridized carbons (Fsp3) is 0.385. The molecule has 0 amide bonds. The van der Waals surface area contributed by atoms with Crippen LogP contribution < -0.4 is 9.47 Å². The normalized spacial score (nSPS) is 21.9. The molecule has 0 N–H and O–H groups in total.